The molecule has 0 heterocycles. The van der Waals surface area contributed by atoms with Gasteiger partial charge in [0.25, 0.3) is 0 Å². The van der Waals surface area contributed by atoms with Crippen LogP contribution >= 0.6 is 0 Å². The molecule has 1 aromatic carbocycles. The normalized spacial score (nSPS) is 20.6. The third-order valence-corrected chi connectivity index (χ3v) is 4.05. The van der Waals surface area contributed by atoms with E-state index in [1.54, 1.807) is 6.07 Å². The van der Waals surface area contributed by atoms with Gasteiger partial charge in [-0.15, -0.1) is 0 Å². The van der Waals surface area contributed by atoms with E-state index in [0.717, 1.165) is 6.42 Å². The number of benzene rings is 1. The molecule has 3 N–H and O–H groups in total. The van der Waals surface area contributed by atoms with Crippen molar-refractivity contribution < 1.29 is 9.53 Å². The number of rotatable bonds is 5. The number of carbonyl (C=O) groups is 1. The average Bonchev–Trinajstić information content (AvgIpc) is 2.69. The van der Waals surface area contributed by atoms with Crippen LogP contribution in [-0.4, -0.2) is 18.6 Å². The maximum Gasteiger partial charge on any atom is 0.223 e. The molecule has 2 rings (SSSR count). The van der Waals surface area contributed by atoms with Crippen molar-refractivity contribution in [1.29, 1.82) is 0 Å². The molecule has 1 aliphatic carbocycles. The summed E-state index contributed by atoms with van der Waals surface area (Å²) in [5.41, 5.74) is 6.55. The van der Waals surface area contributed by atoms with Crippen LogP contribution in [0.15, 0.2) is 24.3 Å². The molecular weight excluding hydrogens is 252 g/mol. The molecule has 1 aliphatic rings. The predicted octanol–water partition coefficient (Wildman–Crippen LogP) is 2.73. The third-order valence-electron chi connectivity index (χ3n) is 4.05. The van der Waals surface area contributed by atoms with Crippen LogP contribution in [-0.2, 0) is 4.79 Å². The lowest BCUT2D eigenvalue weighted by Gasteiger charge is -2.27. The summed E-state index contributed by atoms with van der Waals surface area (Å²) in [7, 11) is 0. The van der Waals surface area contributed by atoms with E-state index in [9.17, 15) is 4.79 Å². The van der Waals surface area contributed by atoms with Gasteiger partial charge in [0.15, 0.2) is 0 Å². The maximum absolute atomic E-state index is 11.9. The first-order valence-corrected chi connectivity index (χ1v) is 7.25. The van der Waals surface area contributed by atoms with Crippen molar-refractivity contribution in [2.45, 2.75) is 45.6 Å². The standard InChI is InChI=1S/C16H24N2O2/c1-16(2)9-4-7-14(16)18-15(19)8-10-20-13-6-3-5-12(17)11-13/h3,5-6,11,14H,4,7-10,17H2,1-2H3,(H,18,19). The Labute approximate surface area is 120 Å². The highest BCUT2D eigenvalue weighted by Gasteiger charge is 2.35. The highest BCUT2D eigenvalue weighted by Crippen LogP contribution is 2.37. The molecule has 20 heavy (non-hydrogen) atoms. The van der Waals surface area contributed by atoms with Gasteiger partial charge in [0.2, 0.25) is 5.91 Å². The first kappa shape index (κ1) is 14.7. The fourth-order valence-corrected chi connectivity index (χ4v) is 2.73. The third kappa shape index (κ3) is 3.89. The zero-order chi connectivity index (χ0) is 14.6. The van der Waals surface area contributed by atoms with Gasteiger partial charge in [0.1, 0.15) is 5.75 Å². The van der Waals surface area contributed by atoms with Gasteiger partial charge in [-0.3, -0.25) is 4.79 Å². The number of nitrogen functional groups attached to an aromatic ring is 1. The summed E-state index contributed by atoms with van der Waals surface area (Å²) in [6.07, 6.45) is 3.83. The van der Waals surface area contributed by atoms with E-state index >= 15 is 0 Å². The first-order chi connectivity index (χ1) is 9.47. The smallest absolute Gasteiger partial charge is 0.223 e. The van der Waals surface area contributed by atoms with Crippen molar-refractivity contribution in [3.63, 3.8) is 0 Å². The summed E-state index contributed by atoms with van der Waals surface area (Å²) in [4.78, 5) is 11.9. The first-order valence-electron chi connectivity index (χ1n) is 7.25. The summed E-state index contributed by atoms with van der Waals surface area (Å²) in [5, 5.41) is 3.12. The van der Waals surface area contributed by atoms with Gasteiger partial charge in [-0.05, 0) is 30.4 Å². The van der Waals surface area contributed by atoms with Crippen LogP contribution in [0.5, 0.6) is 5.75 Å². The van der Waals surface area contributed by atoms with Crippen LogP contribution in [0.2, 0.25) is 0 Å². The number of carbonyl (C=O) groups excluding carboxylic acids is 1. The Morgan fingerprint density at radius 3 is 2.95 bits per heavy atom. The largest absolute Gasteiger partial charge is 0.493 e. The van der Waals surface area contributed by atoms with E-state index in [-0.39, 0.29) is 11.3 Å². The minimum absolute atomic E-state index is 0.0638. The highest BCUT2D eigenvalue weighted by atomic mass is 16.5. The number of hydrogen-bond donors (Lipinski definition) is 2. The molecule has 1 amide bonds. The van der Waals surface area contributed by atoms with Crippen LogP contribution in [0.25, 0.3) is 0 Å². The number of ether oxygens (including phenoxy) is 1. The SMILES string of the molecule is CC1(C)CCCC1NC(=O)CCOc1cccc(N)c1. The Kier molecular flexibility index (Phi) is 4.53. The molecule has 1 atom stereocenters. The molecule has 0 spiro atoms. The Hall–Kier alpha value is -1.71. The van der Waals surface area contributed by atoms with Crippen LogP contribution < -0.4 is 15.8 Å². The number of nitrogens with one attached hydrogen (secondary N) is 1. The van der Waals surface area contributed by atoms with Gasteiger partial charge in [-0.1, -0.05) is 26.3 Å². The molecular formula is C16H24N2O2. The lowest BCUT2D eigenvalue weighted by atomic mass is 9.87. The van der Waals surface area contributed by atoms with E-state index in [1.165, 1.54) is 12.8 Å². The highest BCUT2D eigenvalue weighted by molar-refractivity contribution is 5.76. The Morgan fingerprint density at radius 1 is 1.50 bits per heavy atom. The molecule has 110 valence electrons. The van der Waals surface area contributed by atoms with Crippen molar-refractivity contribution in [1.82, 2.24) is 5.32 Å². The summed E-state index contributed by atoms with van der Waals surface area (Å²) in [5.74, 6) is 0.771. The number of anilines is 1. The van der Waals surface area contributed by atoms with Crippen LogP contribution in [0.1, 0.15) is 39.5 Å². The van der Waals surface area contributed by atoms with E-state index in [0.29, 0.717) is 30.5 Å². The van der Waals surface area contributed by atoms with Crippen molar-refractivity contribution >= 4 is 11.6 Å². The van der Waals surface area contributed by atoms with E-state index < -0.39 is 0 Å². The second-order valence-electron chi connectivity index (χ2n) is 6.17. The van der Waals surface area contributed by atoms with Crippen LogP contribution in [0.3, 0.4) is 0 Å². The number of amides is 1. The summed E-state index contributed by atoms with van der Waals surface area (Å²) in [6.45, 7) is 4.81. The second-order valence-corrected chi connectivity index (χ2v) is 6.17. The van der Waals surface area contributed by atoms with Gasteiger partial charge in [0.05, 0.1) is 13.0 Å². The van der Waals surface area contributed by atoms with E-state index in [1.807, 2.05) is 18.2 Å². The molecule has 1 saturated carbocycles. The van der Waals surface area contributed by atoms with Crippen molar-refractivity contribution in [2.24, 2.45) is 5.41 Å². The fraction of sp³-hybridized carbons (Fsp3) is 0.562. The van der Waals surface area contributed by atoms with Gasteiger partial charge in [-0.2, -0.15) is 0 Å². The quantitative estimate of drug-likeness (QED) is 0.813. The fourth-order valence-electron chi connectivity index (χ4n) is 2.73. The molecule has 1 fully saturated rings. The minimum Gasteiger partial charge on any atom is -0.493 e. The lowest BCUT2D eigenvalue weighted by Crippen LogP contribution is -2.41. The van der Waals surface area contributed by atoms with Crippen LogP contribution in [0, 0.1) is 5.41 Å². The number of nitrogens with two attached hydrogens (primary N) is 1. The van der Waals surface area contributed by atoms with Gasteiger partial charge >= 0.3 is 0 Å². The summed E-state index contributed by atoms with van der Waals surface area (Å²) < 4.78 is 5.53. The average molecular weight is 276 g/mol. The molecule has 4 heteroatoms. The summed E-state index contributed by atoms with van der Waals surface area (Å²) in [6, 6.07) is 7.54. The minimum atomic E-state index is 0.0638. The van der Waals surface area contributed by atoms with Crippen molar-refractivity contribution in [3.05, 3.63) is 24.3 Å². The Balaban J connectivity index is 1.73. The van der Waals surface area contributed by atoms with Crippen molar-refractivity contribution in [3.8, 4) is 5.75 Å². The maximum atomic E-state index is 11.9. The molecule has 0 saturated heterocycles. The monoisotopic (exact) mass is 276 g/mol. The van der Waals surface area contributed by atoms with E-state index in [2.05, 4.69) is 19.2 Å². The molecule has 0 aromatic heterocycles. The molecule has 1 unspecified atom stereocenters. The van der Waals surface area contributed by atoms with Gasteiger partial charge in [-0.25, -0.2) is 0 Å². The van der Waals surface area contributed by atoms with E-state index in [4.69, 9.17) is 10.5 Å². The molecule has 0 radical (unpaired) electrons. The molecule has 0 aliphatic heterocycles. The van der Waals surface area contributed by atoms with Crippen LogP contribution in [0.4, 0.5) is 5.69 Å². The van der Waals surface area contributed by atoms with Crippen molar-refractivity contribution in [2.75, 3.05) is 12.3 Å². The zero-order valence-electron chi connectivity index (χ0n) is 12.3. The lowest BCUT2D eigenvalue weighted by molar-refractivity contribution is -0.122. The summed E-state index contributed by atoms with van der Waals surface area (Å²) >= 11 is 0. The molecule has 0 bridgehead atoms. The predicted molar refractivity (Wildman–Crippen MR) is 80.5 cm³/mol. The second kappa shape index (κ2) is 6.16. The topological polar surface area (TPSA) is 64.3 Å². The molecule has 4 nitrogen and oxygen atoms in total. The van der Waals surface area contributed by atoms with Gasteiger partial charge in [0, 0.05) is 17.8 Å². The Morgan fingerprint density at radius 2 is 2.30 bits per heavy atom. The number of hydrogen-bond acceptors (Lipinski definition) is 3. The van der Waals surface area contributed by atoms with Gasteiger partial charge < -0.3 is 15.8 Å². The molecule has 1 aromatic rings. The zero-order valence-corrected chi connectivity index (χ0v) is 12.3. The Bertz CT molecular complexity index is 471.